The zero-order chi connectivity index (χ0) is 18.7. The molecular formula is C20H14F2N2O2. The van der Waals surface area contributed by atoms with Crippen molar-refractivity contribution >= 4 is 0 Å². The molecule has 1 N–H and O–H groups in total. The molecule has 0 spiro atoms. The molecule has 3 rings (SSSR count). The van der Waals surface area contributed by atoms with Gasteiger partial charge in [-0.2, -0.15) is 5.26 Å². The van der Waals surface area contributed by atoms with E-state index in [0.717, 1.165) is 0 Å². The van der Waals surface area contributed by atoms with Gasteiger partial charge >= 0.3 is 0 Å². The van der Waals surface area contributed by atoms with Crippen LogP contribution < -0.4 is 10.3 Å². The van der Waals surface area contributed by atoms with E-state index in [-0.39, 0.29) is 17.7 Å². The minimum Gasteiger partial charge on any atom is -0.489 e. The predicted octanol–water partition coefficient (Wildman–Crippen LogP) is 4.08. The Balaban J connectivity index is 1.84. The average Bonchev–Trinajstić information content (AvgIpc) is 2.61. The number of H-pyrrole nitrogens is 1. The quantitative estimate of drug-likeness (QED) is 0.769. The van der Waals surface area contributed by atoms with Crippen LogP contribution in [0.5, 0.6) is 5.75 Å². The summed E-state index contributed by atoms with van der Waals surface area (Å²) in [5, 5.41) is 9.20. The largest absolute Gasteiger partial charge is 0.489 e. The van der Waals surface area contributed by atoms with Gasteiger partial charge in [-0.05, 0) is 42.8 Å². The van der Waals surface area contributed by atoms with Crippen molar-refractivity contribution < 1.29 is 13.5 Å². The first-order chi connectivity index (χ1) is 12.5. The Kier molecular flexibility index (Phi) is 4.81. The first-order valence-corrected chi connectivity index (χ1v) is 7.79. The van der Waals surface area contributed by atoms with Crippen LogP contribution in [-0.2, 0) is 6.61 Å². The highest BCUT2D eigenvalue weighted by atomic mass is 19.1. The number of nitriles is 1. The van der Waals surface area contributed by atoms with Crippen molar-refractivity contribution in [3.8, 4) is 22.9 Å². The summed E-state index contributed by atoms with van der Waals surface area (Å²) in [5.74, 6) is -0.921. The summed E-state index contributed by atoms with van der Waals surface area (Å²) in [7, 11) is 0. The zero-order valence-electron chi connectivity index (χ0n) is 13.8. The molecule has 0 amide bonds. The monoisotopic (exact) mass is 352 g/mol. The van der Waals surface area contributed by atoms with Crippen LogP contribution in [0, 0.1) is 29.9 Å². The Hall–Kier alpha value is -3.46. The van der Waals surface area contributed by atoms with Gasteiger partial charge in [-0.3, -0.25) is 4.79 Å². The van der Waals surface area contributed by atoms with Crippen LogP contribution in [0.3, 0.4) is 0 Å². The summed E-state index contributed by atoms with van der Waals surface area (Å²) < 4.78 is 32.7. The lowest BCUT2D eigenvalue weighted by Crippen LogP contribution is -2.12. The van der Waals surface area contributed by atoms with Crippen molar-refractivity contribution in [2.75, 3.05) is 0 Å². The molecule has 3 aromatic rings. The average molecular weight is 352 g/mol. The number of nitrogens with zero attached hydrogens (tertiary/aromatic N) is 1. The van der Waals surface area contributed by atoms with E-state index in [1.807, 2.05) is 6.07 Å². The SMILES string of the molecule is Cc1cc(-c2ccc(OCc3c(F)cccc3F)cc2)c(C#N)c(=O)[nH]1. The van der Waals surface area contributed by atoms with Crippen LogP contribution in [-0.4, -0.2) is 4.98 Å². The maximum Gasteiger partial charge on any atom is 0.266 e. The Morgan fingerprint density at radius 1 is 1.12 bits per heavy atom. The van der Waals surface area contributed by atoms with Gasteiger partial charge in [0.15, 0.2) is 0 Å². The van der Waals surface area contributed by atoms with Crippen LogP contribution in [0.2, 0.25) is 0 Å². The molecule has 4 nitrogen and oxygen atoms in total. The van der Waals surface area contributed by atoms with Crippen LogP contribution in [0.15, 0.2) is 53.3 Å². The van der Waals surface area contributed by atoms with Crippen molar-refractivity contribution in [1.29, 1.82) is 5.26 Å². The lowest BCUT2D eigenvalue weighted by atomic mass is 10.0. The zero-order valence-corrected chi connectivity index (χ0v) is 13.8. The summed E-state index contributed by atoms with van der Waals surface area (Å²) in [5.41, 5.74) is 1.25. The third-order valence-electron chi connectivity index (χ3n) is 3.89. The van der Waals surface area contributed by atoms with Gasteiger partial charge in [-0.15, -0.1) is 0 Å². The standard InChI is InChI=1S/C20H14F2N2O2/c1-12-9-15(16(10-23)20(25)24-12)13-5-7-14(8-6-13)26-11-17-18(21)3-2-4-19(17)22/h2-9H,11H2,1H3,(H,24,25). The maximum absolute atomic E-state index is 13.6. The highest BCUT2D eigenvalue weighted by Crippen LogP contribution is 2.25. The molecule has 0 aliphatic rings. The van der Waals surface area contributed by atoms with Gasteiger partial charge < -0.3 is 9.72 Å². The van der Waals surface area contributed by atoms with Crippen molar-refractivity contribution in [2.24, 2.45) is 0 Å². The molecule has 1 heterocycles. The second-order valence-electron chi connectivity index (χ2n) is 5.70. The number of rotatable bonds is 4. The molecule has 130 valence electrons. The number of halogens is 2. The molecule has 0 atom stereocenters. The first kappa shape index (κ1) is 17.4. The van der Waals surface area contributed by atoms with Gasteiger partial charge in [0.25, 0.3) is 5.56 Å². The summed E-state index contributed by atoms with van der Waals surface area (Å²) in [6.45, 7) is 1.48. The Morgan fingerprint density at radius 3 is 2.38 bits per heavy atom. The molecule has 0 radical (unpaired) electrons. The maximum atomic E-state index is 13.6. The first-order valence-electron chi connectivity index (χ1n) is 7.79. The van der Waals surface area contributed by atoms with E-state index < -0.39 is 17.2 Å². The molecule has 1 aromatic heterocycles. The van der Waals surface area contributed by atoms with Crippen LogP contribution in [0.4, 0.5) is 8.78 Å². The van der Waals surface area contributed by atoms with E-state index in [4.69, 9.17) is 4.74 Å². The Bertz CT molecular complexity index is 1030. The number of aromatic nitrogens is 1. The fourth-order valence-corrected chi connectivity index (χ4v) is 2.58. The van der Waals surface area contributed by atoms with Crippen molar-refractivity contribution in [3.05, 3.63) is 87.3 Å². The van der Waals surface area contributed by atoms with Gasteiger partial charge in [0.1, 0.15) is 35.6 Å². The van der Waals surface area contributed by atoms with Crippen molar-refractivity contribution in [1.82, 2.24) is 4.98 Å². The van der Waals surface area contributed by atoms with Gasteiger partial charge in [-0.1, -0.05) is 18.2 Å². The van der Waals surface area contributed by atoms with Gasteiger partial charge in [0, 0.05) is 11.3 Å². The summed E-state index contributed by atoms with van der Waals surface area (Å²) in [4.78, 5) is 14.5. The highest BCUT2D eigenvalue weighted by Gasteiger charge is 2.11. The fourth-order valence-electron chi connectivity index (χ4n) is 2.58. The summed E-state index contributed by atoms with van der Waals surface area (Å²) >= 11 is 0. The number of ether oxygens (including phenoxy) is 1. The number of hydrogen-bond acceptors (Lipinski definition) is 3. The molecule has 0 saturated heterocycles. The second kappa shape index (κ2) is 7.19. The number of hydrogen-bond donors (Lipinski definition) is 1. The molecule has 0 unspecified atom stereocenters. The third-order valence-corrected chi connectivity index (χ3v) is 3.89. The van der Waals surface area contributed by atoms with Gasteiger partial charge in [0.2, 0.25) is 0 Å². The number of benzene rings is 2. The van der Waals surface area contributed by atoms with E-state index >= 15 is 0 Å². The molecule has 0 saturated carbocycles. The Morgan fingerprint density at radius 2 is 1.77 bits per heavy atom. The number of aromatic amines is 1. The predicted molar refractivity (Wildman–Crippen MR) is 92.6 cm³/mol. The molecular weight excluding hydrogens is 338 g/mol. The van der Waals surface area contributed by atoms with Crippen LogP contribution in [0.1, 0.15) is 16.8 Å². The van der Waals surface area contributed by atoms with Crippen molar-refractivity contribution in [3.63, 3.8) is 0 Å². The number of aryl methyl sites for hydroxylation is 1. The van der Waals surface area contributed by atoms with Gasteiger partial charge in [-0.25, -0.2) is 8.78 Å². The lowest BCUT2D eigenvalue weighted by Gasteiger charge is -2.10. The summed E-state index contributed by atoms with van der Waals surface area (Å²) in [6.07, 6.45) is 0. The molecule has 0 fully saturated rings. The van der Waals surface area contributed by atoms with E-state index in [1.54, 1.807) is 37.3 Å². The molecule has 26 heavy (non-hydrogen) atoms. The summed E-state index contributed by atoms with van der Waals surface area (Å²) in [6, 6.07) is 13.8. The van der Waals surface area contributed by atoms with Gasteiger partial charge in [0.05, 0.1) is 5.56 Å². The normalized spacial score (nSPS) is 10.4. The van der Waals surface area contributed by atoms with Crippen LogP contribution >= 0.6 is 0 Å². The highest BCUT2D eigenvalue weighted by molar-refractivity contribution is 5.70. The molecule has 0 aliphatic heterocycles. The molecule has 0 aliphatic carbocycles. The lowest BCUT2D eigenvalue weighted by molar-refractivity contribution is 0.292. The van der Waals surface area contributed by atoms with E-state index in [2.05, 4.69) is 4.98 Å². The minimum atomic E-state index is -0.667. The molecule has 0 bridgehead atoms. The topological polar surface area (TPSA) is 65.9 Å². The van der Waals surface area contributed by atoms with Crippen molar-refractivity contribution in [2.45, 2.75) is 13.5 Å². The van der Waals surface area contributed by atoms with Crippen LogP contribution in [0.25, 0.3) is 11.1 Å². The molecule has 6 heteroatoms. The smallest absolute Gasteiger partial charge is 0.266 e. The minimum absolute atomic E-state index is 0.0256. The number of pyridine rings is 1. The Labute approximate surface area is 148 Å². The second-order valence-corrected chi connectivity index (χ2v) is 5.70. The third kappa shape index (κ3) is 3.47. The van der Waals surface area contributed by atoms with E-state index in [9.17, 15) is 18.8 Å². The van der Waals surface area contributed by atoms with E-state index in [1.165, 1.54) is 18.2 Å². The van der Waals surface area contributed by atoms with E-state index in [0.29, 0.717) is 22.6 Å². The molecule has 2 aromatic carbocycles. The fraction of sp³-hybridized carbons (Fsp3) is 0.100. The number of nitrogens with one attached hydrogen (secondary N) is 1.